The van der Waals surface area contributed by atoms with Crippen molar-refractivity contribution in [1.82, 2.24) is 19.8 Å². The van der Waals surface area contributed by atoms with Gasteiger partial charge in [-0.1, -0.05) is 24.3 Å². The minimum atomic E-state index is -0.00592. The van der Waals surface area contributed by atoms with Gasteiger partial charge >= 0.3 is 0 Å². The van der Waals surface area contributed by atoms with Gasteiger partial charge in [0.25, 0.3) is 0 Å². The number of nitrogens with one attached hydrogen (secondary N) is 1. The van der Waals surface area contributed by atoms with Gasteiger partial charge in [0.05, 0.1) is 17.8 Å². The third-order valence-electron chi connectivity index (χ3n) is 5.06. The van der Waals surface area contributed by atoms with Gasteiger partial charge < -0.3 is 19.5 Å². The number of pyridine rings is 1. The van der Waals surface area contributed by atoms with Gasteiger partial charge in [0.2, 0.25) is 0 Å². The molecule has 1 aliphatic rings. The molecule has 0 radical (unpaired) electrons. The van der Waals surface area contributed by atoms with Gasteiger partial charge in [-0.25, -0.2) is 0 Å². The second-order valence-electron chi connectivity index (χ2n) is 6.80. The molecule has 1 fully saturated rings. The van der Waals surface area contributed by atoms with Gasteiger partial charge in [-0.3, -0.25) is 4.98 Å². The summed E-state index contributed by atoms with van der Waals surface area (Å²) in [6, 6.07) is 20.7. The highest BCUT2D eigenvalue weighted by molar-refractivity contribution is 7.80. The van der Waals surface area contributed by atoms with E-state index in [0.29, 0.717) is 6.61 Å². The maximum absolute atomic E-state index is 5.72. The summed E-state index contributed by atoms with van der Waals surface area (Å²) in [6.45, 7) is 1.54. The number of benzene rings is 1. The van der Waals surface area contributed by atoms with Crippen LogP contribution in [0, 0.1) is 0 Å². The van der Waals surface area contributed by atoms with E-state index in [1.54, 1.807) is 7.11 Å². The monoisotopic (exact) mass is 392 g/mol. The first-order chi connectivity index (χ1) is 13.8. The highest BCUT2D eigenvalue weighted by Crippen LogP contribution is 2.39. The van der Waals surface area contributed by atoms with Crippen molar-refractivity contribution in [2.24, 2.45) is 0 Å². The number of rotatable bonds is 7. The highest BCUT2D eigenvalue weighted by atomic mass is 32.1. The first kappa shape index (κ1) is 18.7. The minimum absolute atomic E-state index is 0.00592. The second-order valence-corrected chi connectivity index (χ2v) is 7.19. The summed E-state index contributed by atoms with van der Waals surface area (Å²) in [5, 5.41) is 4.27. The Kier molecular flexibility index (Phi) is 5.69. The van der Waals surface area contributed by atoms with E-state index in [0.717, 1.165) is 29.5 Å². The predicted octanol–water partition coefficient (Wildman–Crippen LogP) is 3.88. The molecule has 28 heavy (non-hydrogen) atoms. The molecule has 1 aliphatic heterocycles. The highest BCUT2D eigenvalue weighted by Gasteiger charge is 2.40. The first-order valence-corrected chi connectivity index (χ1v) is 9.90. The predicted molar refractivity (Wildman–Crippen MR) is 114 cm³/mol. The SMILES string of the molecule is COCCCN1C(=S)N[C@H](c2ccccn2)[C@H]1c1cccn1-c1ccccc1. The van der Waals surface area contributed by atoms with Crippen LogP contribution in [0.1, 0.15) is 29.9 Å². The summed E-state index contributed by atoms with van der Waals surface area (Å²) in [7, 11) is 1.73. The van der Waals surface area contributed by atoms with Crippen LogP contribution in [0.4, 0.5) is 0 Å². The number of thiocarbonyl (C=S) groups is 1. The minimum Gasteiger partial charge on any atom is -0.385 e. The fourth-order valence-corrected chi connectivity index (χ4v) is 4.14. The molecule has 1 aromatic carbocycles. The fraction of sp³-hybridized carbons (Fsp3) is 0.273. The van der Waals surface area contributed by atoms with Crippen molar-refractivity contribution in [1.29, 1.82) is 0 Å². The van der Waals surface area contributed by atoms with Crippen LogP contribution in [0.2, 0.25) is 0 Å². The van der Waals surface area contributed by atoms with Crippen molar-refractivity contribution in [3.63, 3.8) is 0 Å². The van der Waals surface area contributed by atoms with E-state index in [-0.39, 0.29) is 12.1 Å². The van der Waals surface area contributed by atoms with E-state index in [1.165, 1.54) is 5.69 Å². The lowest BCUT2D eigenvalue weighted by atomic mass is 10.0. The average molecular weight is 393 g/mol. The lowest BCUT2D eigenvalue weighted by Crippen LogP contribution is -2.32. The molecule has 0 aliphatic carbocycles. The van der Waals surface area contributed by atoms with Crippen molar-refractivity contribution in [3.8, 4) is 5.69 Å². The summed E-state index contributed by atoms with van der Waals surface area (Å²) >= 11 is 5.72. The quantitative estimate of drug-likeness (QED) is 0.488. The summed E-state index contributed by atoms with van der Waals surface area (Å²) in [4.78, 5) is 6.87. The van der Waals surface area contributed by atoms with E-state index in [9.17, 15) is 0 Å². The summed E-state index contributed by atoms with van der Waals surface area (Å²) in [5.74, 6) is 0. The Morgan fingerprint density at radius 3 is 2.64 bits per heavy atom. The topological polar surface area (TPSA) is 42.3 Å². The van der Waals surface area contributed by atoms with Gasteiger partial charge in [-0.15, -0.1) is 0 Å². The van der Waals surface area contributed by atoms with Crippen LogP contribution >= 0.6 is 12.2 Å². The number of methoxy groups -OCH3 is 1. The molecule has 6 heteroatoms. The molecule has 3 aromatic rings. The zero-order valence-electron chi connectivity index (χ0n) is 15.9. The van der Waals surface area contributed by atoms with Crippen LogP contribution in [0.5, 0.6) is 0 Å². The van der Waals surface area contributed by atoms with Crippen molar-refractivity contribution in [3.05, 3.63) is 84.4 Å². The molecule has 0 bridgehead atoms. The van der Waals surface area contributed by atoms with Gasteiger partial charge in [0.1, 0.15) is 0 Å². The van der Waals surface area contributed by atoms with E-state index >= 15 is 0 Å². The van der Waals surface area contributed by atoms with Crippen LogP contribution in [0.3, 0.4) is 0 Å². The maximum atomic E-state index is 5.72. The molecule has 4 rings (SSSR count). The number of ether oxygens (including phenoxy) is 1. The molecule has 0 amide bonds. The van der Waals surface area contributed by atoms with E-state index in [2.05, 4.69) is 68.4 Å². The summed E-state index contributed by atoms with van der Waals surface area (Å²) in [6.07, 6.45) is 4.85. The van der Waals surface area contributed by atoms with Crippen LogP contribution in [0.15, 0.2) is 73.1 Å². The second kappa shape index (κ2) is 8.54. The molecule has 2 atom stereocenters. The van der Waals surface area contributed by atoms with E-state index in [1.807, 2.05) is 24.4 Å². The van der Waals surface area contributed by atoms with Gasteiger partial charge in [-0.05, 0) is 55.0 Å². The zero-order chi connectivity index (χ0) is 19.3. The van der Waals surface area contributed by atoms with Crippen molar-refractivity contribution < 1.29 is 4.74 Å². The third-order valence-corrected chi connectivity index (χ3v) is 5.42. The number of nitrogens with zero attached hydrogens (tertiary/aromatic N) is 3. The Morgan fingerprint density at radius 2 is 1.89 bits per heavy atom. The zero-order valence-corrected chi connectivity index (χ0v) is 16.7. The van der Waals surface area contributed by atoms with E-state index < -0.39 is 0 Å². The molecular formula is C22H24N4OS. The van der Waals surface area contributed by atoms with Crippen molar-refractivity contribution in [2.45, 2.75) is 18.5 Å². The molecule has 3 heterocycles. The molecule has 0 spiro atoms. The number of hydrogen-bond donors (Lipinski definition) is 1. The summed E-state index contributed by atoms with van der Waals surface area (Å²) < 4.78 is 7.50. The van der Waals surface area contributed by atoms with Crippen LogP contribution in [-0.2, 0) is 4.74 Å². The third kappa shape index (κ3) is 3.66. The summed E-state index contributed by atoms with van der Waals surface area (Å²) in [5.41, 5.74) is 3.31. The lowest BCUT2D eigenvalue weighted by molar-refractivity contribution is 0.180. The molecule has 0 unspecified atom stereocenters. The lowest BCUT2D eigenvalue weighted by Gasteiger charge is -2.29. The first-order valence-electron chi connectivity index (χ1n) is 9.49. The van der Waals surface area contributed by atoms with Gasteiger partial charge in [0, 0.05) is 44.0 Å². The van der Waals surface area contributed by atoms with Gasteiger partial charge in [-0.2, -0.15) is 0 Å². The molecule has 0 saturated carbocycles. The number of aromatic nitrogens is 2. The number of hydrogen-bond acceptors (Lipinski definition) is 3. The molecule has 144 valence electrons. The largest absolute Gasteiger partial charge is 0.385 e. The molecule has 1 saturated heterocycles. The smallest absolute Gasteiger partial charge is 0.170 e. The van der Waals surface area contributed by atoms with E-state index in [4.69, 9.17) is 17.0 Å². The maximum Gasteiger partial charge on any atom is 0.170 e. The van der Waals surface area contributed by atoms with Crippen LogP contribution in [-0.4, -0.2) is 39.8 Å². The Balaban J connectivity index is 1.75. The Bertz CT molecular complexity index is 913. The van der Waals surface area contributed by atoms with Gasteiger partial charge in [0.15, 0.2) is 5.11 Å². The molecular weight excluding hydrogens is 368 g/mol. The molecule has 2 aromatic heterocycles. The standard InChI is InChI=1S/C22H24N4OS/c1-27-16-8-15-26-21(20(24-22(26)28)18-11-5-6-13-23-18)19-12-7-14-25(19)17-9-3-2-4-10-17/h2-7,9-14,20-21H,8,15-16H2,1H3,(H,24,28)/t20-,21-/m1/s1. The molecule has 5 nitrogen and oxygen atoms in total. The average Bonchev–Trinajstić information content (AvgIpc) is 3.34. The number of para-hydroxylation sites is 1. The fourth-order valence-electron chi connectivity index (χ4n) is 3.81. The Labute approximate surface area is 171 Å². The normalized spacial score (nSPS) is 19.0. The van der Waals surface area contributed by atoms with Crippen LogP contribution < -0.4 is 5.32 Å². The molecule has 1 N–H and O–H groups in total. The Hall–Kier alpha value is -2.70. The van der Waals surface area contributed by atoms with Crippen LogP contribution in [0.25, 0.3) is 5.69 Å². The Morgan fingerprint density at radius 1 is 1.07 bits per heavy atom. The van der Waals surface area contributed by atoms with Crippen molar-refractivity contribution >= 4 is 17.3 Å². The van der Waals surface area contributed by atoms with Crippen molar-refractivity contribution in [2.75, 3.05) is 20.3 Å².